The van der Waals surface area contributed by atoms with Crippen molar-refractivity contribution in [3.8, 4) is 0 Å². The number of carbonyl (C=O) groups is 2. The number of morpholine rings is 1. The van der Waals surface area contributed by atoms with E-state index >= 15 is 0 Å². The quantitative estimate of drug-likeness (QED) is 0.747. The number of amides is 2. The fourth-order valence-corrected chi connectivity index (χ4v) is 3.25. The molecule has 3 rings (SSSR count). The van der Waals surface area contributed by atoms with Crippen molar-refractivity contribution in [1.82, 2.24) is 19.8 Å². The van der Waals surface area contributed by atoms with Crippen LogP contribution in [0.25, 0.3) is 0 Å². The number of hydrogen-bond donors (Lipinski definition) is 0. The molecule has 0 bridgehead atoms. The van der Waals surface area contributed by atoms with E-state index in [2.05, 4.69) is 9.97 Å². The van der Waals surface area contributed by atoms with Crippen LogP contribution in [0.1, 0.15) is 30.3 Å². The van der Waals surface area contributed by atoms with E-state index in [0.717, 1.165) is 12.8 Å². The second kappa shape index (κ2) is 6.39. The number of aromatic nitrogens is 2. The fraction of sp³-hybridized carbons (Fsp3) is 0.600. The highest BCUT2D eigenvalue weighted by molar-refractivity contribution is 5.92. The number of hydrogen-bond acceptors (Lipinski definition) is 5. The molecule has 0 N–H and O–H groups in total. The molecule has 0 aliphatic carbocycles. The summed E-state index contributed by atoms with van der Waals surface area (Å²) in [6.07, 6.45) is 6.03. The zero-order chi connectivity index (χ0) is 15.5. The summed E-state index contributed by atoms with van der Waals surface area (Å²) in [5, 5.41) is 0. The Balaban J connectivity index is 1.71. The molecule has 2 atom stereocenters. The van der Waals surface area contributed by atoms with Crippen LogP contribution in [0.2, 0.25) is 0 Å². The maximum atomic E-state index is 12.5. The SMILES string of the molecule is CC(=O)N1CCO[C@@H]2CCN(C(=O)c3cnccn3)CC[C@H]21. The van der Waals surface area contributed by atoms with E-state index in [9.17, 15) is 9.59 Å². The Labute approximate surface area is 129 Å². The number of ether oxygens (including phenoxy) is 1. The molecule has 118 valence electrons. The van der Waals surface area contributed by atoms with Gasteiger partial charge in [-0.25, -0.2) is 4.98 Å². The summed E-state index contributed by atoms with van der Waals surface area (Å²) >= 11 is 0. The second-order valence-electron chi connectivity index (χ2n) is 5.65. The normalized spacial score (nSPS) is 25.3. The molecule has 0 aromatic carbocycles. The maximum Gasteiger partial charge on any atom is 0.274 e. The van der Waals surface area contributed by atoms with Gasteiger partial charge < -0.3 is 14.5 Å². The summed E-state index contributed by atoms with van der Waals surface area (Å²) in [5.74, 6) is -0.0341. The van der Waals surface area contributed by atoms with E-state index in [0.29, 0.717) is 31.9 Å². The summed E-state index contributed by atoms with van der Waals surface area (Å²) in [6.45, 7) is 4.01. The summed E-state index contributed by atoms with van der Waals surface area (Å²) in [7, 11) is 0. The van der Waals surface area contributed by atoms with Crippen LogP contribution in [-0.2, 0) is 9.53 Å². The minimum atomic E-state index is -0.110. The molecule has 7 nitrogen and oxygen atoms in total. The molecule has 2 aliphatic rings. The van der Waals surface area contributed by atoms with E-state index in [1.165, 1.54) is 12.4 Å². The van der Waals surface area contributed by atoms with Gasteiger partial charge in [0.05, 0.1) is 24.9 Å². The highest BCUT2D eigenvalue weighted by Gasteiger charge is 2.36. The van der Waals surface area contributed by atoms with Gasteiger partial charge in [-0.3, -0.25) is 14.6 Å². The van der Waals surface area contributed by atoms with E-state index in [-0.39, 0.29) is 24.0 Å². The molecule has 22 heavy (non-hydrogen) atoms. The lowest BCUT2D eigenvalue weighted by Crippen LogP contribution is -2.52. The number of fused-ring (bicyclic) bond motifs is 1. The summed E-state index contributed by atoms with van der Waals surface area (Å²) in [5.41, 5.74) is 0.358. The van der Waals surface area contributed by atoms with Crippen LogP contribution >= 0.6 is 0 Å². The van der Waals surface area contributed by atoms with Crippen LogP contribution in [0.3, 0.4) is 0 Å². The zero-order valence-corrected chi connectivity index (χ0v) is 12.6. The van der Waals surface area contributed by atoms with E-state index in [4.69, 9.17) is 4.74 Å². The van der Waals surface area contributed by atoms with Crippen molar-refractivity contribution in [2.24, 2.45) is 0 Å². The molecule has 2 amide bonds. The molecule has 3 heterocycles. The molecule has 2 saturated heterocycles. The molecule has 1 aromatic rings. The minimum Gasteiger partial charge on any atom is -0.374 e. The Morgan fingerprint density at radius 2 is 2.05 bits per heavy atom. The first kappa shape index (κ1) is 14.9. The average molecular weight is 304 g/mol. The standard InChI is InChI=1S/C15H20N4O3/c1-11(20)19-8-9-22-14-3-7-18(6-2-13(14)19)15(21)12-10-16-4-5-17-12/h4-5,10,13-14H,2-3,6-9H2,1H3/t13-,14-/m1/s1. The third kappa shape index (κ3) is 2.94. The number of carbonyl (C=O) groups excluding carboxylic acids is 2. The van der Waals surface area contributed by atoms with Crippen molar-refractivity contribution >= 4 is 11.8 Å². The predicted molar refractivity (Wildman–Crippen MR) is 78.1 cm³/mol. The van der Waals surface area contributed by atoms with Crippen LogP contribution < -0.4 is 0 Å². The topological polar surface area (TPSA) is 75.6 Å². The van der Waals surface area contributed by atoms with E-state index in [1.807, 2.05) is 4.90 Å². The Bertz CT molecular complexity index is 551. The lowest BCUT2D eigenvalue weighted by Gasteiger charge is -2.39. The molecule has 0 radical (unpaired) electrons. The largest absolute Gasteiger partial charge is 0.374 e. The van der Waals surface area contributed by atoms with Crippen molar-refractivity contribution < 1.29 is 14.3 Å². The van der Waals surface area contributed by atoms with Gasteiger partial charge in [0.1, 0.15) is 5.69 Å². The van der Waals surface area contributed by atoms with Crippen molar-refractivity contribution in [2.45, 2.75) is 31.9 Å². The molecule has 7 heteroatoms. The first-order valence-electron chi connectivity index (χ1n) is 7.61. The van der Waals surface area contributed by atoms with Crippen LogP contribution in [0.5, 0.6) is 0 Å². The highest BCUT2D eigenvalue weighted by Crippen LogP contribution is 2.24. The Kier molecular flexibility index (Phi) is 4.33. The minimum absolute atomic E-state index is 0.0114. The second-order valence-corrected chi connectivity index (χ2v) is 5.65. The van der Waals surface area contributed by atoms with Crippen LogP contribution in [0, 0.1) is 0 Å². The van der Waals surface area contributed by atoms with Crippen molar-refractivity contribution in [1.29, 1.82) is 0 Å². The number of rotatable bonds is 1. The van der Waals surface area contributed by atoms with Gasteiger partial charge in [0.15, 0.2) is 0 Å². The van der Waals surface area contributed by atoms with Gasteiger partial charge in [0.2, 0.25) is 5.91 Å². The first-order chi connectivity index (χ1) is 10.7. The molecule has 2 aliphatic heterocycles. The van der Waals surface area contributed by atoms with Gasteiger partial charge in [-0.2, -0.15) is 0 Å². The number of likely N-dealkylation sites (tertiary alicyclic amines) is 1. The summed E-state index contributed by atoms with van der Waals surface area (Å²) in [4.78, 5) is 35.9. The molecule has 1 aromatic heterocycles. The van der Waals surface area contributed by atoms with Crippen LogP contribution in [0.4, 0.5) is 0 Å². The zero-order valence-electron chi connectivity index (χ0n) is 12.6. The van der Waals surface area contributed by atoms with Crippen LogP contribution in [0.15, 0.2) is 18.6 Å². The lowest BCUT2D eigenvalue weighted by atomic mass is 10.0. The van der Waals surface area contributed by atoms with E-state index < -0.39 is 0 Å². The van der Waals surface area contributed by atoms with Gasteiger partial charge >= 0.3 is 0 Å². The number of nitrogens with zero attached hydrogens (tertiary/aromatic N) is 4. The third-order valence-corrected chi connectivity index (χ3v) is 4.35. The van der Waals surface area contributed by atoms with Crippen molar-refractivity contribution in [2.75, 3.05) is 26.2 Å². The van der Waals surface area contributed by atoms with Gasteiger partial charge in [0.25, 0.3) is 5.91 Å². The summed E-state index contributed by atoms with van der Waals surface area (Å²) < 4.78 is 5.82. The van der Waals surface area contributed by atoms with Gasteiger partial charge in [-0.1, -0.05) is 0 Å². The van der Waals surface area contributed by atoms with E-state index in [1.54, 1.807) is 18.0 Å². The van der Waals surface area contributed by atoms with Crippen LogP contribution in [-0.4, -0.2) is 70.0 Å². The molecule has 2 fully saturated rings. The molecule has 0 saturated carbocycles. The Morgan fingerprint density at radius 1 is 1.23 bits per heavy atom. The fourth-order valence-electron chi connectivity index (χ4n) is 3.25. The maximum absolute atomic E-state index is 12.5. The van der Waals surface area contributed by atoms with Gasteiger partial charge in [0, 0.05) is 39.0 Å². The average Bonchev–Trinajstić information content (AvgIpc) is 2.77. The lowest BCUT2D eigenvalue weighted by molar-refractivity contribution is -0.144. The Hall–Kier alpha value is -2.02. The first-order valence-corrected chi connectivity index (χ1v) is 7.61. The van der Waals surface area contributed by atoms with Crippen molar-refractivity contribution in [3.63, 3.8) is 0 Å². The monoisotopic (exact) mass is 304 g/mol. The van der Waals surface area contributed by atoms with Gasteiger partial charge in [-0.05, 0) is 12.8 Å². The van der Waals surface area contributed by atoms with Crippen molar-refractivity contribution in [3.05, 3.63) is 24.3 Å². The molecular weight excluding hydrogens is 284 g/mol. The Morgan fingerprint density at radius 3 is 2.77 bits per heavy atom. The molecule has 0 unspecified atom stereocenters. The highest BCUT2D eigenvalue weighted by atomic mass is 16.5. The predicted octanol–water partition coefficient (Wildman–Crippen LogP) is 0.328. The summed E-state index contributed by atoms with van der Waals surface area (Å²) in [6, 6.07) is 0.0610. The van der Waals surface area contributed by atoms with Gasteiger partial charge in [-0.15, -0.1) is 0 Å². The molecule has 0 spiro atoms. The smallest absolute Gasteiger partial charge is 0.274 e. The third-order valence-electron chi connectivity index (χ3n) is 4.35. The molecular formula is C15H20N4O3.